The second-order valence-corrected chi connectivity index (χ2v) is 6.33. The Morgan fingerprint density at radius 3 is 2.56 bits per heavy atom. The second-order valence-electron chi connectivity index (χ2n) is 5.52. The van der Waals surface area contributed by atoms with Crippen LogP contribution in [0.2, 0.25) is 0 Å². The molecule has 0 radical (unpaired) electrons. The van der Waals surface area contributed by atoms with Crippen molar-refractivity contribution in [2.75, 3.05) is 18.0 Å². The molecule has 98 valence electrons. The first-order valence-corrected chi connectivity index (χ1v) is 7.85. The first-order chi connectivity index (χ1) is 8.76. The minimum Gasteiger partial charge on any atom is -0.356 e. The summed E-state index contributed by atoms with van der Waals surface area (Å²) in [6.07, 6.45) is 6.43. The van der Waals surface area contributed by atoms with Crippen LogP contribution in [0.15, 0.2) is 10.7 Å². The number of halogens is 1. The van der Waals surface area contributed by atoms with Crippen molar-refractivity contribution in [3.05, 3.63) is 16.5 Å². The lowest BCUT2D eigenvalue weighted by molar-refractivity contribution is 0.393. The Morgan fingerprint density at radius 1 is 1.22 bits per heavy atom. The molecule has 0 aromatic carbocycles. The molecule has 2 heterocycles. The largest absolute Gasteiger partial charge is 0.356 e. The molecule has 2 fully saturated rings. The molecular weight excluding hydrogens is 290 g/mol. The highest BCUT2D eigenvalue weighted by Gasteiger charge is 2.28. The highest BCUT2D eigenvalue weighted by atomic mass is 79.9. The molecule has 1 aliphatic carbocycles. The predicted molar refractivity (Wildman–Crippen MR) is 76.9 cm³/mol. The Hall–Kier alpha value is -0.640. The van der Waals surface area contributed by atoms with E-state index >= 15 is 0 Å². The van der Waals surface area contributed by atoms with E-state index in [0.29, 0.717) is 5.92 Å². The number of rotatable bonds is 3. The Bertz CT molecular complexity index is 423. The van der Waals surface area contributed by atoms with E-state index in [0.717, 1.165) is 35.3 Å². The standard InChI is InChI=1S/C14H20BrN3/c1-2-10-5-7-18(8-6-10)13-9-12(15)16-14(17-13)11-3-4-11/h9-11H,2-8H2,1H3. The molecule has 0 spiro atoms. The van der Waals surface area contributed by atoms with Gasteiger partial charge in [0.05, 0.1) is 0 Å². The van der Waals surface area contributed by atoms with E-state index < -0.39 is 0 Å². The Morgan fingerprint density at radius 2 is 1.94 bits per heavy atom. The second kappa shape index (κ2) is 5.16. The smallest absolute Gasteiger partial charge is 0.135 e. The van der Waals surface area contributed by atoms with Gasteiger partial charge in [-0.15, -0.1) is 0 Å². The number of hydrogen-bond donors (Lipinski definition) is 0. The monoisotopic (exact) mass is 309 g/mol. The van der Waals surface area contributed by atoms with Gasteiger partial charge in [0.2, 0.25) is 0 Å². The van der Waals surface area contributed by atoms with E-state index in [1.807, 2.05) is 0 Å². The summed E-state index contributed by atoms with van der Waals surface area (Å²) in [4.78, 5) is 11.7. The maximum Gasteiger partial charge on any atom is 0.135 e. The van der Waals surface area contributed by atoms with Gasteiger partial charge in [0.25, 0.3) is 0 Å². The fourth-order valence-electron chi connectivity index (χ4n) is 2.68. The highest BCUT2D eigenvalue weighted by Crippen LogP contribution is 2.39. The van der Waals surface area contributed by atoms with Crippen molar-refractivity contribution in [3.8, 4) is 0 Å². The minimum atomic E-state index is 0.620. The average molecular weight is 310 g/mol. The van der Waals surface area contributed by atoms with Crippen LogP contribution < -0.4 is 4.90 Å². The minimum absolute atomic E-state index is 0.620. The molecule has 0 N–H and O–H groups in total. The summed E-state index contributed by atoms with van der Waals surface area (Å²) in [5.41, 5.74) is 0. The van der Waals surface area contributed by atoms with E-state index in [1.165, 1.54) is 32.1 Å². The molecule has 0 atom stereocenters. The molecular formula is C14H20BrN3. The molecule has 18 heavy (non-hydrogen) atoms. The first-order valence-electron chi connectivity index (χ1n) is 7.05. The summed E-state index contributed by atoms with van der Waals surface area (Å²) < 4.78 is 0.937. The lowest BCUT2D eigenvalue weighted by atomic mass is 9.94. The van der Waals surface area contributed by atoms with Gasteiger partial charge in [-0.2, -0.15) is 0 Å². The average Bonchev–Trinajstić information content (AvgIpc) is 3.22. The van der Waals surface area contributed by atoms with Gasteiger partial charge in [0, 0.05) is 25.1 Å². The van der Waals surface area contributed by atoms with Gasteiger partial charge >= 0.3 is 0 Å². The maximum absolute atomic E-state index is 4.75. The molecule has 2 aliphatic rings. The third kappa shape index (κ3) is 2.68. The van der Waals surface area contributed by atoms with Crippen LogP contribution in [-0.2, 0) is 0 Å². The van der Waals surface area contributed by atoms with E-state index in [-0.39, 0.29) is 0 Å². The Labute approximate surface area is 117 Å². The zero-order chi connectivity index (χ0) is 12.5. The van der Waals surface area contributed by atoms with Gasteiger partial charge in [-0.1, -0.05) is 13.3 Å². The van der Waals surface area contributed by atoms with Gasteiger partial charge in [0.15, 0.2) is 0 Å². The number of anilines is 1. The van der Waals surface area contributed by atoms with Crippen molar-refractivity contribution in [1.82, 2.24) is 9.97 Å². The van der Waals surface area contributed by atoms with Crippen molar-refractivity contribution >= 4 is 21.7 Å². The lowest BCUT2D eigenvalue weighted by Gasteiger charge is -2.32. The lowest BCUT2D eigenvalue weighted by Crippen LogP contribution is -2.34. The number of hydrogen-bond acceptors (Lipinski definition) is 3. The van der Waals surface area contributed by atoms with Gasteiger partial charge in [-0.3, -0.25) is 0 Å². The number of aromatic nitrogens is 2. The van der Waals surface area contributed by atoms with Crippen molar-refractivity contribution < 1.29 is 0 Å². The summed E-state index contributed by atoms with van der Waals surface area (Å²) in [5.74, 6) is 3.69. The van der Waals surface area contributed by atoms with Crippen molar-refractivity contribution in [3.63, 3.8) is 0 Å². The first kappa shape index (κ1) is 12.4. The molecule has 4 heteroatoms. The fraction of sp³-hybridized carbons (Fsp3) is 0.714. The summed E-state index contributed by atoms with van der Waals surface area (Å²) in [6.45, 7) is 4.59. The third-order valence-corrected chi connectivity index (χ3v) is 4.56. The zero-order valence-corrected chi connectivity index (χ0v) is 12.5. The van der Waals surface area contributed by atoms with Gasteiger partial charge < -0.3 is 4.90 Å². The number of nitrogens with zero attached hydrogens (tertiary/aromatic N) is 3. The Balaban J connectivity index is 1.75. The van der Waals surface area contributed by atoms with Crippen LogP contribution in [0.4, 0.5) is 5.82 Å². The molecule has 3 nitrogen and oxygen atoms in total. The van der Waals surface area contributed by atoms with Crippen LogP contribution >= 0.6 is 15.9 Å². The van der Waals surface area contributed by atoms with Crippen molar-refractivity contribution in [2.24, 2.45) is 5.92 Å². The molecule has 3 rings (SSSR count). The molecule has 0 amide bonds. The molecule has 1 aromatic heterocycles. The predicted octanol–water partition coefficient (Wildman–Crippen LogP) is 3.74. The summed E-state index contributed by atoms with van der Waals surface area (Å²) in [7, 11) is 0. The highest BCUT2D eigenvalue weighted by molar-refractivity contribution is 9.10. The van der Waals surface area contributed by atoms with Crippen LogP contribution in [0.3, 0.4) is 0 Å². The molecule has 1 aromatic rings. The van der Waals surface area contributed by atoms with Crippen LogP contribution in [0.5, 0.6) is 0 Å². The molecule has 0 bridgehead atoms. The van der Waals surface area contributed by atoms with Crippen molar-refractivity contribution in [2.45, 2.75) is 44.9 Å². The van der Waals surface area contributed by atoms with Crippen LogP contribution in [0.25, 0.3) is 0 Å². The summed E-state index contributed by atoms with van der Waals surface area (Å²) in [6, 6.07) is 2.07. The summed E-state index contributed by atoms with van der Waals surface area (Å²) in [5, 5.41) is 0. The quantitative estimate of drug-likeness (QED) is 0.796. The van der Waals surface area contributed by atoms with Crippen LogP contribution in [0.1, 0.15) is 50.8 Å². The van der Waals surface area contributed by atoms with E-state index in [9.17, 15) is 0 Å². The number of piperidine rings is 1. The van der Waals surface area contributed by atoms with E-state index in [1.54, 1.807) is 0 Å². The van der Waals surface area contributed by atoms with Gasteiger partial charge in [-0.25, -0.2) is 9.97 Å². The molecule has 1 aliphatic heterocycles. The Kier molecular flexibility index (Phi) is 3.55. The molecule has 1 saturated heterocycles. The van der Waals surface area contributed by atoms with E-state index in [4.69, 9.17) is 4.98 Å². The SMILES string of the molecule is CCC1CCN(c2cc(Br)nc(C3CC3)n2)CC1. The van der Waals surface area contributed by atoms with Crippen LogP contribution in [0, 0.1) is 5.92 Å². The molecule has 1 saturated carbocycles. The normalized spacial score (nSPS) is 21.3. The topological polar surface area (TPSA) is 29.0 Å². The fourth-order valence-corrected chi connectivity index (χ4v) is 3.07. The maximum atomic E-state index is 4.75. The third-order valence-electron chi connectivity index (χ3n) is 4.16. The van der Waals surface area contributed by atoms with Gasteiger partial charge in [-0.05, 0) is 47.5 Å². The molecule has 0 unspecified atom stereocenters. The summed E-state index contributed by atoms with van der Waals surface area (Å²) >= 11 is 3.52. The van der Waals surface area contributed by atoms with Crippen molar-refractivity contribution in [1.29, 1.82) is 0 Å². The van der Waals surface area contributed by atoms with Crippen LogP contribution in [-0.4, -0.2) is 23.1 Å². The van der Waals surface area contributed by atoms with Gasteiger partial charge in [0.1, 0.15) is 16.2 Å². The van der Waals surface area contributed by atoms with E-state index in [2.05, 4.69) is 38.8 Å². The zero-order valence-electron chi connectivity index (χ0n) is 10.9.